The minimum Gasteiger partial charge on any atom is -0.390 e. The molecule has 0 spiro atoms. The van der Waals surface area contributed by atoms with E-state index in [1.54, 1.807) is 0 Å². The summed E-state index contributed by atoms with van der Waals surface area (Å²) in [6.45, 7) is 3.79. The number of ether oxygens (including phenoxy) is 1. The Morgan fingerprint density at radius 1 is 1.33 bits per heavy atom. The molecule has 0 heterocycles. The SMILES string of the molecule is COC1CCCC(CCCC(C)(C)O)C1. The van der Waals surface area contributed by atoms with Gasteiger partial charge in [0, 0.05) is 7.11 Å². The van der Waals surface area contributed by atoms with E-state index in [1.165, 1.54) is 32.1 Å². The lowest BCUT2D eigenvalue weighted by molar-refractivity contribution is 0.0425. The molecule has 0 amide bonds. The van der Waals surface area contributed by atoms with Gasteiger partial charge in [-0.15, -0.1) is 0 Å². The summed E-state index contributed by atoms with van der Waals surface area (Å²) in [7, 11) is 1.82. The van der Waals surface area contributed by atoms with Crippen molar-refractivity contribution in [2.75, 3.05) is 7.11 Å². The molecule has 2 atom stereocenters. The molecular formula is C13H26O2. The Bertz CT molecular complexity index is 172. The van der Waals surface area contributed by atoms with Crippen molar-refractivity contribution in [1.82, 2.24) is 0 Å². The normalized spacial score (nSPS) is 28.0. The van der Waals surface area contributed by atoms with E-state index in [4.69, 9.17) is 4.74 Å². The Kier molecular flexibility index (Phi) is 5.07. The maximum absolute atomic E-state index is 9.62. The van der Waals surface area contributed by atoms with Crippen molar-refractivity contribution in [2.24, 2.45) is 5.92 Å². The molecule has 15 heavy (non-hydrogen) atoms. The first-order valence-electron chi connectivity index (χ1n) is 6.26. The zero-order valence-electron chi connectivity index (χ0n) is 10.5. The second-order valence-corrected chi connectivity index (χ2v) is 5.60. The third kappa shape index (κ3) is 5.53. The summed E-state index contributed by atoms with van der Waals surface area (Å²) in [5.41, 5.74) is -0.491. The molecule has 2 heteroatoms. The summed E-state index contributed by atoms with van der Waals surface area (Å²) < 4.78 is 5.42. The van der Waals surface area contributed by atoms with Crippen molar-refractivity contribution in [3.05, 3.63) is 0 Å². The summed E-state index contributed by atoms with van der Waals surface area (Å²) >= 11 is 0. The molecule has 0 saturated heterocycles. The average Bonchev–Trinajstić information content (AvgIpc) is 2.16. The van der Waals surface area contributed by atoms with Gasteiger partial charge in [0.1, 0.15) is 0 Å². The Hall–Kier alpha value is -0.0800. The minimum atomic E-state index is -0.491. The fourth-order valence-corrected chi connectivity index (χ4v) is 2.54. The predicted molar refractivity (Wildman–Crippen MR) is 62.9 cm³/mol. The Balaban J connectivity index is 2.15. The molecular weight excluding hydrogens is 188 g/mol. The van der Waals surface area contributed by atoms with Crippen molar-refractivity contribution in [3.63, 3.8) is 0 Å². The van der Waals surface area contributed by atoms with Crippen LogP contribution in [0, 0.1) is 5.92 Å². The van der Waals surface area contributed by atoms with Crippen molar-refractivity contribution >= 4 is 0 Å². The fraction of sp³-hybridized carbons (Fsp3) is 1.00. The van der Waals surface area contributed by atoms with Crippen LogP contribution in [-0.4, -0.2) is 23.9 Å². The molecule has 0 aliphatic heterocycles. The Labute approximate surface area is 94.0 Å². The summed E-state index contributed by atoms with van der Waals surface area (Å²) in [5.74, 6) is 0.825. The monoisotopic (exact) mass is 214 g/mol. The zero-order chi connectivity index (χ0) is 11.3. The van der Waals surface area contributed by atoms with Crippen LogP contribution in [0.15, 0.2) is 0 Å². The summed E-state index contributed by atoms with van der Waals surface area (Å²) in [4.78, 5) is 0. The maximum Gasteiger partial charge on any atom is 0.0591 e. The van der Waals surface area contributed by atoms with E-state index >= 15 is 0 Å². The summed E-state index contributed by atoms with van der Waals surface area (Å²) in [6.07, 6.45) is 8.93. The van der Waals surface area contributed by atoms with Crippen molar-refractivity contribution in [2.45, 2.75) is 70.5 Å². The van der Waals surface area contributed by atoms with Gasteiger partial charge in [0.25, 0.3) is 0 Å². The highest BCUT2D eigenvalue weighted by Gasteiger charge is 2.22. The van der Waals surface area contributed by atoms with Crippen molar-refractivity contribution in [3.8, 4) is 0 Å². The van der Waals surface area contributed by atoms with E-state index in [2.05, 4.69) is 0 Å². The van der Waals surface area contributed by atoms with Crippen LogP contribution in [-0.2, 0) is 4.74 Å². The van der Waals surface area contributed by atoms with E-state index in [9.17, 15) is 5.11 Å². The van der Waals surface area contributed by atoms with E-state index in [0.717, 1.165) is 18.8 Å². The van der Waals surface area contributed by atoms with E-state index in [-0.39, 0.29) is 0 Å². The third-order valence-corrected chi connectivity index (χ3v) is 3.47. The number of rotatable bonds is 5. The second-order valence-electron chi connectivity index (χ2n) is 5.60. The molecule has 1 rings (SSSR count). The second kappa shape index (κ2) is 5.86. The molecule has 90 valence electrons. The van der Waals surface area contributed by atoms with Crippen LogP contribution in [0.4, 0.5) is 0 Å². The summed E-state index contributed by atoms with van der Waals surface area (Å²) in [6, 6.07) is 0. The lowest BCUT2D eigenvalue weighted by Gasteiger charge is -2.28. The van der Waals surface area contributed by atoms with E-state index in [0.29, 0.717) is 6.10 Å². The number of aliphatic hydroxyl groups is 1. The van der Waals surface area contributed by atoms with Gasteiger partial charge in [-0.25, -0.2) is 0 Å². The van der Waals surface area contributed by atoms with Gasteiger partial charge in [-0.2, -0.15) is 0 Å². The average molecular weight is 214 g/mol. The quantitative estimate of drug-likeness (QED) is 0.762. The molecule has 2 unspecified atom stereocenters. The number of hydrogen-bond donors (Lipinski definition) is 1. The molecule has 0 aromatic carbocycles. The predicted octanol–water partition coefficient (Wildman–Crippen LogP) is 3.13. The lowest BCUT2D eigenvalue weighted by Crippen LogP contribution is -2.23. The number of hydrogen-bond acceptors (Lipinski definition) is 2. The van der Waals surface area contributed by atoms with Gasteiger partial charge >= 0.3 is 0 Å². The fourth-order valence-electron chi connectivity index (χ4n) is 2.54. The standard InChI is InChI=1S/C13H26O2/c1-13(2,14)9-5-7-11-6-4-8-12(10-11)15-3/h11-12,14H,4-10H2,1-3H3. The van der Waals surface area contributed by atoms with Crippen molar-refractivity contribution in [1.29, 1.82) is 0 Å². The van der Waals surface area contributed by atoms with Crippen LogP contribution in [0.3, 0.4) is 0 Å². The first kappa shape index (κ1) is 13.0. The largest absolute Gasteiger partial charge is 0.390 e. The molecule has 1 fully saturated rings. The van der Waals surface area contributed by atoms with E-state index in [1.807, 2.05) is 21.0 Å². The molecule has 0 aromatic heterocycles. The first-order chi connectivity index (χ1) is 7.01. The molecule has 0 aromatic rings. The first-order valence-corrected chi connectivity index (χ1v) is 6.26. The summed E-state index contributed by atoms with van der Waals surface area (Å²) in [5, 5.41) is 9.62. The van der Waals surface area contributed by atoms with Crippen LogP contribution < -0.4 is 0 Å². The minimum absolute atomic E-state index is 0.491. The highest BCUT2D eigenvalue weighted by atomic mass is 16.5. The number of methoxy groups -OCH3 is 1. The molecule has 2 nitrogen and oxygen atoms in total. The topological polar surface area (TPSA) is 29.5 Å². The van der Waals surface area contributed by atoms with Crippen LogP contribution in [0.1, 0.15) is 58.8 Å². The lowest BCUT2D eigenvalue weighted by atomic mass is 9.83. The Morgan fingerprint density at radius 2 is 2.07 bits per heavy atom. The van der Waals surface area contributed by atoms with E-state index < -0.39 is 5.60 Å². The van der Waals surface area contributed by atoms with Crippen molar-refractivity contribution < 1.29 is 9.84 Å². The van der Waals surface area contributed by atoms with Gasteiger partial charge in [-0.05, 0) is 39.0 Å². The smallest absolute Gasteiger partial charge is 0.0591 e. The Morgan fingerprint density at radius 3 is 2.67 bits per heavy atom. The van der Waals surface area contributed by atoms with Gasteiger partial charge in [-0.3, -0.25) is 0 Å². The molecule has 1 saturated carbocycles. The van der Waals surface area contributed by atoms with Gasteiger partial charge in [0.05, 0.1) is 11.7 Å². The van der Waals surface area contributed by atoms with Crippen LogP contribution >= 0.6 is 0 Å². The van der Waals surface area contributed by atoms with Crippen LogP contribution in [0.5, 0.6) is 0 Å². The molecule has 1 aliphatic rings. The molecule has 1 N–H and O–H groups in total. The zero-order valence-corrected chi connectivity index (χ0v) is 10.5. The highest BCUT2D eigenvalue weighted by molar-refractivity contribution is 4.74. The van der Waals surface area contributed by atoms with Crippen LogP contribution in [0.25, 0.3) is 0 Å². The molecule has 0 radical (unpaired) electrons. The molecule has 1 aliphatic carbocycles. The van der Waals surface area contributed by atoms with Gasteiger partial charge < -0.3 is 9.84 Å². The van der Waals surface area contributed by atoms with Gasteiger partial charge in [-0.1, -0.05) is 25.7 Å². The molecule has 0 bridgehead atoms. The van der Waals surface area contributed by atoms with Gasteiger partial charge in [0.2, 0.25) is 0 Å². The highest BCUT2D eigenvalue weighted by Crippen LogP contribution is 2.30. The third-order valence-electron chi connectivity index (χ3n) is 3.47. The van der Waals surface area contributed by atoms with Crippen LogP contribution in [0.2, 0.25) is 0 Å². The maximum atomic E-state index is 9.62. The van der Waals surface area contributed by atoms with Gasteiger partial charge in [0.15, 0.2) is 0 Å².